The van der Waals surface area contributed by atoms with E-state index in [0.717, 1.165) is 5.01 Å². The van der Waals surface area contributed by atoms with E-state index in [1.165, 1.54) is 29.5 Å². The molecule has 0 aliphatic carbocycles. The van der Waals surface area contributed by atoms with Crippen molar-refractivity contribution in [3.05, 3.63) is 46.2 Å². The van der Waals surface area contributed by atoms with Gasteiger partial charge in [-0.15, -0.1) is 11.3 Å². The Morgan fingerprint density at radius 3 is 3.06 bits per heavy atom. The van der Waals surface area contributed by atoms with Gasteiger partial charge in [0.2, 0.25) is 0 Å². The predicted molar refractivity (Wildman–Crippen MR) is 66.8 cm³/mol. The van der Waals surface area contributed by atoms with Crippen LogP contribution in [-0.2, 0) is 6.61 Å². The highest BCUT2D eigenvalue weighted by Crippen LogP contribution is 2.22. The topological polar surface area (TPSA) is 54.7 Å². The Labute approximate surface area is 107 Å². The van der Waals surface area contributed by atoms with Crippen molar-refractivity contribution < 1.29 is 14.3 Å². The fourth-order valence-corrected chi connectivity index (χ4v) is 1.96. The molecular formula is C12H11FN2O2S. The third-order valence-electron chi connectivity index (χ3n) is 2.32. The third kappa shape index (κ3) is 2.84. The van der Waals surface area contributed by atoms with Gasteiger partial charge in [0, 0.05) is 23.2 Å². The molecular weight excluding hydrogens is 255 g/mol. The smallest absolute Gasteiger partial charge is 0.140 e. The van der Waals surface area contributed by atoms with E-state index in [2.05, 4.69) is 10.1 Å². The lowest BCUT2D eigenvalue weighted by atomic mass is 10.1. The van der Waals surface area contributed by atoms with Crippen LogP contribution in [0.2, 0.25) is 0 Å². The molecule has 6 heteroatoms. The summed E-state index contributed by atoms with van der Waals surface area (Å²) in [4.78, 5) is 4.07. The zero-order valence-electron chi connectivity index (χ0n) is 9.63. The van der Waals surface area contributed by atoms with Gasteiger partial charge in [-0.1, -0.05) is 5.16 Å². The largest absolute Gasteiger partial charge is 0.486 e. The highest BCUT2D eigenvalue weighted by molar-refractivity contribution is 7.09. The summed E-state index contributed by atoms with van der Waals surface area (Å²) < 4.78 is 18.7. The molecule has 0 aliphatic heterocycles. The maximum absolute atomic E-state index is 13.2. The number of benzene rings is 1. The maximum Gasteiger partial charge on any atom is 0.140 e. The van der Waals surface area contributed by atoms with Crippen molar-refractivity contribution in [3.63, 3.8) is 0 Å². The lowest BCUT2D eigenvalue weighted by Crippen LogP contribution is -2.03. The second-order valence-corrected chi connectivity index (χ2v) is 4.52. The van der Waals surface area contributed by atoms with Crippen molar-refractivity contribution >= 4 is 17.0 Å². The predicted octanol–water partition coefficient (Wildman–Crippen LogP) is 3.06. The Balaban J connectivity index is 2.22. The summed E-state index contributed by atoms with van der Waals surface area (Å²) in [6.07, 6.45) is 1.68. The molecule has 4 nitrogen and oxygen atoms in total. The fourth-order valence-electron chi connectivity index (χ4n) is 1.43. The fraction of sp³-hybridized carbons (Fsp3) is 0.167. The molecule has 0 unspecified atom stereocenters. The van der Waals surface area contributed by atoms with Gasteiger partial charge in [0.25, 0.3) is 0 Å². The van der Waals surface area contributed by atoms with E-state index in [1.54, 1.807) is 13.1 Å². The number of hydrogen-bond acceptors (Lipinski definition) is 5. The zero-order chi connectivity index (χ0) is 13.0. The van der Waals surface area contributed by atoms with Crippen molar-refractivity contribution in [2.45, 2.75) is 13.5 Å². The minimum absolute atomic E-state index is 0.257. The first-order chi connectivity index (χ1) is 8.70. The van der Waals surface area contributed by atoms with E-state index in [-0.39, 0.29) is 6.61 Å². The maximum atomic E-state index is 13.2. The minimum Gasteiger partial charge on any atom is -0.486 e. The lowest BCUT2D eigenvalue weighted by molar-refractivity contribution is 0.301. The average molecular weight is 266 g/mol. The Morgan fingerprint density at radius 1 is 1.56 bits per heavy atom. The Morgan fingerprint density at radius 2 is 2.39 bits per heavy atom. The number of halogens is 1. The molecule has 0 radical (unpaired) electrons. The van der Waals surface area contributed by atoms with E-state index in [1.807, 2.05) is 5.38 Å². The van der Waals surface area contributed by atoms with Crippen LogP contribution in [0.4, 0.5) is 4.39 Å². The van der Waals surface area contributed by atoms with Crippen molar-refractivity contribution in [1.82, 2.24) is 4.98 Å². The molecule has 2 aromatic rings. The van der Waals surface area contributed by atoms with Gasteiger partial charge in [-0.3, -0.25) is 0 Å². The van der Waals surface area contributed by atoms with Crippen LogP contribution in [0.5, 0.6) is 5.75 Å². The Bertz CT molecular complexity index is 555. The Hall–Kier alpha value is -1.95. The molecule has 1 heterocycles. The minimum atomic E-state index is -0.404. The van der Waals surface area contributed by atoms with E-state index in [0.29, 0.717) is 17.0 Å². The van der Waals surface area contributed by atoms with E-state index >= 15 is 0 Å². The quantitative estimate of drug-likeness (QED) is 0.525. The second-order valence-electron chi connectivity index (χ2n) is 3.54. The monoisotopic (exact) mass is 266 g/mol. The van der Waals surface area contributed by atoms with E-state index in [4.69, 9.17) is 9.94 Å². The molecule has 1 N–H and O–H groups in total. The van der Waals surface area contributed by atoms with Gasteiger partial charge < -0.3 is 9.94 Å². The van der Waals surface area contributed by atoms with Gasteiger partial charge in [0.1, 0.15) is 23.2 Å². The highest BCUT2D eigenvalue weighted by Gasteiger charge is 2.09. The number of ether oxygens (including phenoxy) is 1. The van der Waals surface area contributed by atoms with Gasteiger partial charge >= 0.3 is 0 Å². The normalized spacial score (nSPS) is 11.6. The number of oxime groups is 1. The molecule has 0 aliphatic rings. The van der Waals surface area contributed by atoms with Gasteiger partial charge in [0.05, 0.1) is 5.71 Å². The van der Waals surface area contributed by atoms with Crippen LogP contribution in [0.15, 0.2) is 34.9 Å². The van der Waals surface area contributed by atoms with Crippen LogP contribution in [0.25, 0.3) is 0 Å². The lowest BCUT2D eigenvalue weighted by Gasteiger charge is -2.09. The average Bonchev–Trinajstić information content (AvgIpc) is 2.88. The van der Waals surface area contributed by atoms with Crippen molar-refractivity contribution in [2.24, 2.45) is 5.16 Å². The van der Waals surface area contributed by atoms with Crippen LogP contribution < -0.4 is 4.74 Å². The molecule has 1 aromatic heterocycles. The van der Waals surface area contributed by atoms with Gasteiger partial charge in [-0.25, -0.2) is 9.37 Å². The van der Waals surface area contributed by atoms with E-state index < -0.39 is 5.82 Å². The third-order valence-corrected chi connectivity index (χ3v) is 3.07. The number of hydrogen-bond donors (Lipinski definition) is 1. The summed E-state index contributed by atoms with van der Waals surface area (Å²) >= 11 is 1.46. The molecule has 0 saturated carbocycles. The molecule has 94 valence electrons. The summed E-state index contributed by atoms with van der Waals surface area (Å²) in [5.41, 5.74) is 0.916. The summed E-state index contributed by atoms with van der Waals surface area (Å²) in [6.45, 7) is 1.87. The van der Waals surface area contributed by atoms with Crippen molar-refractivity contribution in [2.75, 3.05) is 0 Å². The van der Waals surface area contributed by atoms with Crippen LogP contribution in [0, 0.1) is 5.82 Å². The molecule has 0 spiro atoms. The summed E-state index contributed by atoms with van der Waals surface area (Å²) in [7, 11) is 0. The first-order valence-electron chi connectivity index (χ1n) is 5.20. The van der Waals surface area contributed by atoms with Crippen LogP contribution in [-0.4, -0.2) is 15.9 Å². The van der Waals surface area contributed by atoms with Crippen LogP contribution >= 0.6 is 11.3 Å². The molecule has 0 atom stereocenters. The molecule has 0 saturated heterocycles. The van der Waals surface area contributed by atoms with Crippen LogP contribution in [0.3, 0.4) is 0 Å². The van der Waals surface area contributed by atoms with Crippen molar-refractivity contribution in [1.29, 1.82) is 0 Å². The summed E-state index contributed by atoms with van der Waals surface area (Å²) in [6, 6.07) is 4.07. The molecule has 0 fully saturated rings. The summed E-state index contributed by atoms with van der Waals surface area (Å²) in [5, 5.41) is 14.5. The Kier molecular flexibility index (Phi) is 3.88. The standard InChI is InChI=1S/C12H11FN2O2S/c1-8(15-16)10-3-2-9(13)6-11(10)17-7-12-14-4-5-18-12/h2-6,16H,7H2,1H3. The number of rotatable bonds is 4. The number of aromatic nitrogens is 1. The van der Waals surface area contributed by atoms with Gasteiger partial charge in [-0.05, 0) is 19.1 Å². The second kappa shape index (κ2) is 5.59. The SMILES string of the molecule is CC(=NO)c1ccc(F)cc1OCc1nccs1. The molecule has 2 rings (SSSR count). The number of nitrogens with zero attached hydrogens (tertiary/aromatic N) is 2. The summed E-state index contributed by atoms with van der Waals surface area (Å²) in [5.74, 6) is -0.0703. The first kappa shape index (κ1) is 12.5. The van der Waals surface area contributed by atoms with Crippen molar-refractivity contribution in [3.8, 4) is 5.75 Å². The molecule has 0 bridgehead atoms. The zero-order valence-corrected chi connectivity index (χ0v) is 10.4. The molecule has 1 aromatic carbocycles. The number of thiazole rings is 1. The van der Waals surface area contributed by atoms with Crippen LogP contribution in [0.1, 0.15) is 17.5 Å². The molecule has 18 heavy (non-hydrogen) atoms. The van der Waals surface area contributed by atoms with Gasteiger partial charge in [0.15, 0.2) is 0 Å². The highest BCUT2D eigenvalue weighted by atomic mass is 32.1. The van der Waals surface area contributed by atoms with Gasteiger partial charge in [-0.2, -0.15) is 0 Å². The first-order valence-corrected chi connectivity index (χ1v) is 6.08. The van der Waals surface area contributed by atoms with E-state index in [9.17, 15) is 4.39 Å². The molecule has 0 amide bonds.